The van der Waals surface area contributed by atoms with Crippen molar-refractivity contribution in [2.45, 2.75) is 0 Å². The van der Waals surface area contributed by atoms with Crippen LogP contribution in [-0.2, 0) is 0 Å². The number of carbonyl (C=O) groups is 1. The smallest absolute Gasteiger partial charge is 0.320 e. The molecule has 1 N–H and O–H groups in total. The predicted octanol–water partition coefficient (Wildman–Crippen LogP) is 3.92. The third kappa shape index (κ3) is 3.52. The predicted molar refractivity (Wildman–Crippen MR) is 98.2 cm³/mol. The van der Waals surface area contributed by atoms with Gasteiger partial charge in [0, 0.05) is 17.7 Å². The molecular formula is C18H13N3O6. The lowest BCUT2D eigenvalue weighted by Crippen LogP contribution is -2.12. The van der Waals surface area contributed by atoms with Crippen molar-refractivity contribution in [2.24, 2.45) is 0 Å². The number of rotatable bonds is 5. The van der Waals surface area contributed by atoms with Crippen LogP contribution in [0.1, 0.15) is 10.4 Å². The Morgan fingerprint density at radius 3 is 2.07 bits per heavy atom. The molecule has 3 aromatic carbocycles. The number of carbonyl (C=O) groups excluding carboxylic acids is 1. The Hall–Kier alpha value is -4.01. The van der Waals surface area contributed by atoms with Crippen molar-refractivity contribution in [3.8, 4) is 5.75 Å². The largest absolute Gasteiger partial charge is 0.485 e. The van der Waals surface area contributed by atoms with E-state index in [0.717, 1.165) is 30.0 Å². The number of nitrogens with one attached hydrogen (secondary N) is 1. The highest BCUT2D eigenvalue weighted by atomic mass is 16.6. The fourth-order valence-corrected chi connectivity index (χ4v) is 2.68. The Morgan fingerprint density at radius 1 is 0.926 bits per heavy atom. The molecule has 0 fully saturated rings. The van der Waals surface area contributed by atoms with Gasteiger partial charge in [-0.2, -0.15) is 0 Å². The first kappa shape index (κ1) is 17.8. The molecule has 0 aliphatic heterocycles. The molecule has 9 nitrogen and oxygen atoms in total. The van der Waals surface area contributed by atoms with Gasteiger partial charge in [-0.25, -0.2) is 0 Å². The van der Waals surface area contributed by atoms with E-state index in [4.69, 9.17) is 4.74 Å². The molecule has 3 rings (SSSR count). The van der Waals surface area contributed by atoms with Crippen LogP contribution in [0.4, 0.5) is 17.1 Å². The molecule has 0 aromatic heterocycles. The molecule has 0 aliphatic rings. The van der Waals surface area contributed by atoms with E-state index >= 15 is 0 Å². The molecule has 0 saturated carbocycles. The number of nitrogens with zero attached hydrogens (tertiary/aromatic N) is 2. The van der Waals surface area contributed by atoms with Crippen molar-refractivity contribution in [1.29, 1.82) is 0 Å². The van der Waals surface area contributed by atoms with Crippen LogP contribution in [0.25, 0.3) is 10.8 Å². The number of fused-ring (bicyclic) bond motifs is 1. The number of hydrogen-bond acceptors (Lipinski definition) is 6. The van der Waals surface area contributed by atoms with Gasteiger partial charge in [-0.05, 0) is 22.9 Å². The summed E-state index contributed by atoms with van der Waals surface area (Å²) in [5.41, 5.74) is -0.983. The molecule has 0 unspecified atom stereocenters. The molecule has 0 bridgehead atoms. The number of nitro groups is 2. The summed E-state index contributed by atoms with van der Waals surface area (Å²) in [4.78, 5) is 33.3. The van der Waals surface area contributed by atoms with Crippen molar-refractivity contribution in [2.75, 3.05) is 12.4 Å². The Morgan fingerprint density at radius 2 is 1.52 bits per heavy atom. The monoisotopic (exact) mass is 367 g/mol. The number of amides is 1. The lowest BCUT2D eigenvalue weighted by atomic mass is 10.1. The highest BCUT2D eigenvalue weighted by molar-refractivity contribution is 6.06. The SMILES string of the molecule is COc1c([N+](=O)[O-])cc(NC(=O)c2ccc3ccccc3c2)cc1[N+](=O)[O-]. The summed E-state index contributed by atoms with van der Waals surface area (Å²) in [5.74, 6) is -1.02. The highest BCUT2D eigenvalue weighted by Crippen LogP contribution is 2.39. The lowest BCUT2D eigenvalue weighted by Gasteiger charge is -2.09. The van der Waals surface area contributed by atoms with Gasteiger partial charge in [0.05, 0.1) is 22.6 Å². The van der Waals surface area contributed by atoms with Crippen LogP contribution in [0.15, 0.2) is 54.6 Å². The number of methoxy groups -OCH3 is 1. The molecule has 0 radical (unpaired) electrons. The van der Waals surface area contributed by atoms with E-state index in [1.807, 2.05) is 24.3 Å². The minimum absolute atomic E-state index is 0.0765. The molecule has 9 heteroatoms. The van der Waals surface area contributed by atoms with E-state index < -0.39 is 32.9 Å². The topological polar surface area (TPSA) is 125 Å². The Labute approximate surface area is 152 Å². The quantitative estimate of drug-likeness (QED) is 0.538. The van der Waals surface area contributed by atoms with E-state index in [0.29, 0.717) is 5.56 Å². The molecular weight excluding hydrogens is 354 g/mol. The number of ether oxygens (including phenoxy) is 1. The molecule has 0 heterocycles. The molecule has 136 valence electrons. The van der Waals surface area contributed by atoms with Gasteiger partial charge in [-0.3, -0.25) is 25.0 Å². The maximum absolute atomic E-state index is 12.5. The summed E-state index contributed by atoms with van der Waals surface area (Å²) >= 11 is 0. The second-order valence-corrected chi connectivity index (χ2v) is 5.58. The minimum Gasteiger partial charge on any atom is -0.485 e. The zero-order valence-electron chi connectivity index (χ0n) is 14.0. The first-order chi connectivity index (χ1) is 12.9. The summed E-state index contributed by atoms with van der Waals surface area (Å²) in [7, 11) is 1.10. The maximum atomic E-state index is 12.5. The van der Waals surface area contributed by atoms with Crippen LogP contribution in [0, 0.1) is 20.2 Å². The Bertz CT molecular complexity index is 1040. The summed E-state index contributed by atoms with van der Waals surface area (Å²) in [6.45, 7) is 0. The normalized spacial score (nSPS) is 10.4. The third-order valence-corrected chi connectivity index (χ3v) is 3.92. The molecule has 0 spiro atoms. The van der Waals surface area contributed by atoms with Gasteiger partial charge in [0.25, 0.3) is 11.7 Å². The van der Waals surface area contributed by atoms with E-state index in [9.17, 15) is 25.0 Å². The minimum atomic E-state index is -0.808. The van der Waals surface area contributed by atoms with Crippen LogP contribution < -0.4 is 10.1 Å². The average Bonchev–Trinajstić information content (AvgIpc) is 2.66. The number of benzene rings is 3. The lowest BCUT2D eigenvalue weighted by molar-refractivity contribution is -0.395. The first-order valence-electron chi connectivity index (χ1n) is 7.71. The van der Waals surface area contributed by atoms with Gasteiger partial charge < -0.3 is 10.1 Å². The highest BCUT2D eigenvalue weighted by Gasteiger charge is 2.28. The van der Waals surface area contributed by atoms with Gasteiger partial charge in [-0.15, -0.1) is 0 Å². The fraction of sp³-hybridized carbons (Fsp3) is 0.0556. The van der Waals surface area contributed by atoms with E-state index in [1.165, 1.54) is 0 Å². The zero-order chi connectivity index (χ0) is 19.6. The second kappa shape index (κ2) is 7.08. The van der Waals surface area contributed by atoms with Crippen molar-refractivity contribution in [3.05, 3.63) is 80.4 Å². The molecule has 3 aromatic rings. The Kier molecular flexibility index (Phi) is 4.67. The van der Waals surface area contributed by atoms with Gasteiger partial charge in [-0.1, -0.05) is 30.3 Å². The molecule has 0 saturated heterocycles. The van der Waals surface area contributed by atoms with Crippen LogP contribution in [-0.4, -0.2) is 22.9 Å². The maximum Gasteiger partial charge on any atom is 0.320 e. The standard InChI is InChI=1S/C18H13N3O6/c1-27-17-15(20(23)24)9-14(10-16(17)21(25)26)19-18(22)13-7-6-11-4-2-3-5-12(11)8-13/h2-10H,1H3,(H,19,22). The van der Waals surface area contributed by atoms with E-state index in [1.54, 1.807) is 18.2 Å². The van der Waals surface area contributed by atoms with Crippen molar-refractivity contribution in [3.63, 3.8) is 0 Å². The number of nitro benzene ring substituents is 2. The van der Waals surface area contributed by atoms with Crippen molar-refractivity contribution >= 4 is 33.7 Å². The van der Waals surface area contributed by atoms with Gasteiger partial charge >= 0.3 is 11.4 Å². The Balaban J connectivity index is 1.99. The van der Waals surface area contributed by atoms with Crippen LogP contribution >= 0.6 is 0 Å². The summed E-state index contributed by atoms with van der Waals surface area (Å²) in [5, 5.41) is 26.7. The van der Waals surface area contributed by atoms with Crippen LogP contribution in [0.2, 0.25) is 0 Å². The van der Waals surface area contributed by atoms with Gasteiger partial charge in [0.1, 0.15) is 0 Å². The first-order valence-corrected chi connectivity index (χ1v) is 7.71. The van der Waals surface area contributed by atoms with E-state index in [-0.39, 0.29) is 5.69 Å². The fourth-order valence-electron chi connectivity index (χ4n) is 2.68. The summed E-state index contributed by atoms with van der Waals surface area (Å²) in [6.07, 6.45) is 0. The van der Waals surface area contributed by atoms with Gasteiger partial charge in [0.2, 0.25) is 0 Å². The van der Waals surface area contributed by atoms with Crippen LogP contribution in [0.3, 0.4) is 0 Å². The van der Waals surface area contributed by atoms with Crippen molar-refractivity contribution in [1.82, 2.24) is 0 Å². The number of hydrogen-bond donors (Lipinski definition) is 1. The zero-order valence-corrected chi connectivity index (χ0v) is 14.0. The van der Waals surface area contributed by atoms with Gasteiger partial charge in [0.15, 0.2) is 0 Å². The molecule has 0 aliphatic carbocycles. The molecule has 1 amide bonds. The second-order valence-electron chi connectivity index (χ2n) is 5.58. The van der Waals surface area contributed by atoms with E-state index in [2.05, 4.69) is 5.32 Å². The van der Waals surface area contributed by atoms with Crippen LogP contribution in [0.5, 0.6) is 5.75 Å². The number of anilines is 1. The van der Waals surface area contributed by atoms with Crippen molar-refractivity contribution < 1.29 is 19.4 Å². The summed E-state index contributed by atoms with van der Waals surface area (Å²) in [6, 6.07) is 14.5. The molecule has 0 atom stereocenters. The third-order valence-electron chi connectivity index (χ3n) is 3.92. The summed E-state index contributed by atoms with van der Waals surface area (Å²) < 4.78 is 4.80. The molecule has 27 heavy (non-hydrogen) atoms. The average molecular weight is 367 g/mol.